The van der Waals surface area contributed by atoms with Gasteiger partial charge in [-0.15, -0.1) is 0 Å². The van der Waals surface area contributed by atoms with Crippen molar-refractivity contribution in [3.8, 4) is 0 Å². The zero-order valence-electron chi connectivity index (χ0n) is 22.2. The van der Waals surface area contributed by atoms with Crippen LogP contribution in [0.3, 0.4) is 0 Å². The molecule has 0 aliphatic carbocycles. The zero-order chi connectivity index (χ0) is 26.8. The van der Waals surface area contributed by atoms with E-state index in [2.05, 4.69) is 31.7 Å². The number of nitrogens with zero attached hydrogens (tertiary/aromatic N) is 1. The maximum Gasteiger partial charge on any atom is 0.127 e. The maximum absolute atomic E-state index is 14.0. The summed E-state index contributed by atoms with van der Waals surface area (Å²) in [5.74, 6) is 0.442. The highest BCUT2D eigenvalue weighted by Crippen LogP contribution is 2.32. The van der Waals surface area contributed by atoms with Crippen LogP contribution in [0.2, 0.25) is 6.32 Å². The number of H-pyrrole nitrogens is 1. The highest BCUT2D eigenvalue weighted by Gasteiger charge is 2.20. The molecule has 0 saturated heterocycles. The Morgan fingerprint density at radius 1 is 0.865 bits per heavy atom. The molecule has 4 rings (SSSR count). The van der Waals surface area contributed by atoms with Gasteiger partial charge in [0.2, 0.25) is 0 Å². The summed E-state index contributed by atoms with van der Waals surface area (Å²) in [6.45, 7) is 6.27. The van der Waals surface area contributed by atoms with Crippen molar-refractivity contribution in [3.63, 3.8) is 0 Å². The van der Waals surface area contributed by atoms with Crippen LogP contribution in [-0.4, -0.2) is 17.8 Å². The highest BCUT2D eigenvalue weighted by atomic mass is 19.1. The van der Waals surface area contributed by atoms with Crippen LogP contribution < -0.4 is 0 Å². The molecule has 1 aromatic heterocycles. The van der Waals surface area contributed by atoms with Crippen LogP contribution in [0, 0.1) is 17.5 Å². The van der Waals surface area contributed by atoms with Crippen molar-refractivity contribution in [1.29, 1.82) is 0 Å². The molecule has 0 spiro atoms. The van der Waals surface area contributed by atoms with Gasteiger partial charge in [-0.25, -0.2) is 18.2 Å². The lowest BCUT2D eigenvalue weighted by Gasteiger charge is -2.19. The average Bonchev–Trinajstić information content (AvgIpc) is 3.35. The summed E-state index contributed by atoms with van der Waals surface area (Å²) < 4.78 is 41.3. The van der Waals surface area contributed by atoms with E-state index in [-0.39, 0.29) is 23.4 Å². The Hall–Kier alpha value is -3.28. The summed E-state index contributed by atoms with van der Waals surface area (Å²) in [5, 5.41) is 0. The quantitative estimate of drug-likeness (QED) is 0.232. The molecule has 0 aliphatic rings. The fourth-order valence-electron chi connectivity index (χ4n) is 4.38. The summed E-state index contributed by atoms with van der Waals surface area (Å²) >= 11 is 0. The minimum absolute atomic E-state index is 0.167. The van der Waals surface area contributed by atoms with Gasteiger partial charge < -0.3 is 4.98 Å². The zero-order valence-corrected chi connectivity index (χ0v) is 22.2. The summed E-state index contributed by atoms with van der Waals surface area (Å²) in [7, 11) is 2.08. The topological polar surface area (TPSA) is 28.7 Å². The van der Waals surface area contributed by atoms with Crippen LogP contribution in [0.4, 0.5) is 13.2 Å². The van der Waals surface area contributed by atoms with E-state index in [9.17, 15) is 13.2 Å². The third-order valence-electron chi connectivity index (χ3n) is 6.47. The maximum atomic E-state index is 14.0. The number of aromatic amines is 1. The fourth-order valence-corrected chi connectivity index (χ4v) is 4.38. The molecule has 4 aromatic rings. The lowest BCUT2D eigenvalue weighted by atomic mass is 9.84. The standard InChI is InChI=1S/C16H17BF2.C15H19FN2/c17-11-5-8-12(13-6-1-3-9-15(13)18)14-7-2-4-10-16(14)19;1-4-11-5-12(7-13(16)6-11)8-15-17-9-14(18-15)10(2)3/h1-4,6-7,9-10,12H,5,8,11,17H2;5-7,9-10H,4,8H2,1-3H3,(H,17,18). The highest BCUT2D eigenvalue weighted by molar-refractivity contribution is 6.08. The molecule has 0 aliphatic heterocycles. The number of hydrogen-bond donors (Lipinski definition) is 1. The number of rotatable bonds is 9. The molecule has 3 aromatic carbocycles. The molecule has 6 heteroatoms. The third kappa shape index (κ3) is 8.11. The molecule has 0 bridgehead atoms. The van der Waals surface area contributed by atoms with Crippen LogP contribution in [0.15, 0.2) is 72.9 Å². The Labute approximate surface area is 219 Å². The number of halogens is 3. The lowest BCUT2D eigenvalue weighted by Crippen LogP contribution is -2.06. The van der Waals surface area contributed by atoms with Crippen molar-refractivity contribution < 1.29 is 13.2 Å². The van der Waals surface area contributed by atoms with Crippen LogP contribution in [0.1, 0.15) is 79.2 Å². The second-order valence-corrected chi connectivity index (χ2v) is 9.68. The first-order valence-electron chi connectivity index (χ1n) is 13.1. The van der Waals surface area contributed by atoms with E-state index in [0.29, 0.717) is 23.5 Å². The molecule has 1 heterocycles. The van der Waals surface area contributed by atoms with E-state index < -0.39 is 0 Å². The van der Waals surface area contributed by atoms with Gasteiger partial charge in [0.15, 0.2) is 0 Å². The van der Waals surface area contributed by atoms with Gasteiger partial charge in [-0.1, -0.05) is 76.0 Å². The molecule has 0 saturated carbocycles. The second-order valence-electron chi connectivity index (χ2n) is 9.68. The average molecular weight is 504 g/mol. The van der Waals surface area contributed by atoms with E-state index in [1.54, 1.807) is 48.5 Å². The van der Waals surface area contributed by atoms with E-state index in [1.165, 1.54) is 12.1 Å². The van der Waals surface area contributed by atoms with Gasteiger partial charge in [-0.3, -0.25) is 0 Å². The number of nitrogens with one attached hydrogen (secondary N) is 1. The molecule has 1 N–H and O–H groups in total. The first-order valence-corrected chi connectivity index (χ1v) is 13.1. The van der Waals surface area contributed by atoms with Crippen molar-refractivity contribution in [2.75, 3.05) is 0 Å². The van der Waals surface area contributed by atoms with E-state index in [1.807, 2.05) is 19.2 Å². The molecule has 37 heavy (non-hydrogen) atoms. The van der Waals surface area contributed by atoms with Gasteiger partial charge in [-0.2, -0.15) is 0 Å². The molecule has 0 atom stereocenters. The van der Waals surface area contributed by atoms with Crippen molar-refractivity contribution in [2.24, 2.45) is 0 Å². The molecule has 0 fully saturated rings. The van der Waals surface area contributed by atoms with Crippen LogP contribution in [0.5, 0.6) is 0 Å². The minimum Gasteiger partial charge on any atom is -0.345 e. The molecule has 0 radical (unpaired) electrons. The van der Waals surface area contributed by atoms with Crippen molar-refractivity contribution >= 4 is 7.85 Å². The van der Waals surface area contributed by atoms with Crippen molar-refractivity contribution in [3.05, 3.63) is 124 Å². The Balaban J connectivity index is 0.000000206. The van der Waals surface area contributed by atoms with E-state index >= 15 is 0 Å². The summed E-state index contributed by atoms with van der Waals surface area (Å²) in [6.07, 6.45) is 6.09. The Bertz CT molecular complexity index is 1220. The van der Waals surface area contributed by atoms with Crippen molar-refractivity contribution in [2.45, 2.75) is 64.6 Å². The first-order chi connectivity index (χ1) is 17.8. The summed E-state index contributed by atoms with van der Waals surface area (Å²) in [6, 6.07) is 18.5. The second kappa shape index (κ2) is 13.9. The van der Waals surface area contributed by atoms with Gasteiger partial charge >= 0.3 is 0 Å². The smallest absolute Gasteiger partial charge is 0.127 e. The molecule has 2 nitrogen and oxygen atoms in total. The van der Waals surface area contributed by atoms with Gasteiger partial charge in [0.25, 0.3) is 0 Å². The molecule has 0 amide bonds. The van der Waals surface area contributed by atoms with E-state index in [4.69, 9.17) is 0 Å². The summed E-state index contributed by atoms with van der Waals surface area (Å²) in [5.41, 5.74) is 4.29. The molecule has 0 unspecified atom stereocenters. The SMILES string of the molecule is BCCCC(c1ccccc1F)c1ccccc1F.CCc1cc(F)cc(Cc2ncc(C(C)C)[nH]2)c1. The molecular formula is C31H36BF3N2. The van der Waals surface area contributed by atoms with Gasteiger partial charge in [-0.05, 0) is 65.3 Å². The Morgan fingerprint density at radius 2 is 1.46 bits per heavy atom. The fraction of sp³-hybridized carbons (Fsp3) is 0.323. The largest absolute Gasteiger partial charge is 0.345 e. The third-order valence-corrected chi connectivity index (χ3v) is 6.47. The molecular weight excluding hydrogens is 468 g/mol. The van der Waals surface area contributed by atoms with Crippen molar-refractivity contribution in [1.82, 2.24) is 9.97 Å². The number of aromatic nitrogens is 2. The van der Waals surface area contributed by atoms with Crippen LogP contribution in [-0.2, 0) is 12.8 Å². The number of benzene rings is 3. The van der Waals surface area contributed by atoms with Crippen LogP contribution >= 0.6 is 0 Å². The van der Waals surface area contributed by atoms with Crippen LogP contribution in [0.25, 0.3) is 0 Å². The summed E-state index contributed by atoms with van der Waals surface area (Å²) in [4.78, 5) is 7.62. The number of imidazole rings is 1. The van der Waals surface area contributed by atoms with E-state index in [0.717, 1.165) is 48.2 Å². The first kappa shape index (κ1) is 28.3. The normalized spacial score (nSPS) is 11.0. The van der Waals surface area contributed by atoms with Gasteiger partial charge in [0.05, 0.1) is 0 Å². The monoisotopic (exact) mass is 504 g/mol. The number of hydrogen-bond acceptors (Lipinski definition) is 1. The lowest BCUT2D eigenvalue weighted by molar-refractivity contribution is 0.555. The minimum atomic E-state index is -0.258. The number of aryl methyl sites for hydroxylation is 1. The Morgan fingerprint density at radius 3 is 1.97 bits per heavy atom. The Kier molecular flexibility index (Phi) is 10.6. The predicted octanol–water partition coefficient (Wildman–Crippen LogP) is 7.75. The van der Waals surface area contributed by atoms with Gasteiger partial charge in [0, 0.05) is 24.2 Å². The molecule has 194 valence electrons. The predicted molar refractivity (Wildman–Crippen MR) is 148 cm³/mol. The van der Waals surface area contributed by atoms with Gasteiger partial charge in [0.1, 0.15) is 31.1 Å².